The van der Waals surface area contributed by atoms with Crippen molar-refractivity contribution in [3.8, 4) is 11.8 Å². The molecule has 2 amide bonds. The number of carbonyl (C=O) groups excluding carboxylic acids is 2. The lowest BCUT2D eigenvalue weighted by Crippen LogP contribution is -2.23. The summed E-state index contributed by atoms with van der Waals surface area (Å²) in [5.41, 5.74) is 9.67. The minimum atomic E-state index is -0.200. The predicted octanol–water partition coefficient (Wildman–Crippen LogP) is 3.22. The van der Waals surface area contributed by atoms with E-state index in [2.05, 4.69) is 16.5 Å². The van der Waals surface area contributed by atoms with Gasteiger partial charge in [-0.1, -0.05) is 30.3 Å². The normalized spacial score (nSPS) is 13.4. The zero-order chi connectivity index (χ0) is 23.9. The number of rotatable bonds is 8. The SMILES string of the molecule is N#Cc1c(CCCNC(=O)/C=C/c2ccc(N3CCCC3=O)cc2)nn(-c2ccccc2)c1N. The van der Waals surface area contributed by atoms with Crippen molar-refractivity contribution in [3.05, 3.63) is 77.5 Å². The summed E-state index contributed by atoms with van der Waals surface area (Å²) < 4.78 is 1.57. The molecule has 3 aromatic rings. The second-order valence-corrected chi connectivity index (χ2v) is 8.03. The third-order valence-electron chi connectivity index (χ3n) is 5.70. The number of amides is 2. The molecule has 0 unspecified atom stereocenters. The van der Waals surface area contributed by atoms with Gasteiger partial charge in [0.05, 0.1) is 11.4 Å². The first-order valence-corrected chi connectivity index (χ1v) is 11.3. The number of carbonyl (C=O) groups is 2. The molecule has 34 heavy (non-hydrogen) atoms. The summed E-state index contributed by atoms with van der Waals surface area (Å²) in [7, 11) is 0. The number of nitrogens with two attached hydrogens (primary N) is 1. The van der Waals surface area contributed by atoms with Gasteiger partial charge < -0.3 is 16.0 Å². The molecule has 3 N–H and O–H groups in total. The molecule has 8 nitrogen and oxygen atoms in total. The van der Waals surface area contributed by atoms with Gasteiger partial charge in [-0.05, 0) is 55.2 Å². The van der Waals surface area contributed by atoms with Crippen molar-refractivity contribution in [1.29, 1.82) is 5.26 Å². The fourth-order valence-corrected chi connectivity index (χ4v) is 3.93. The van der Waals surface area contributed by atoms with E-state index in [9.17, 15) is 14.9 Å². The molecule has 1 aliphatic heterocycles. The third-order valence-corrected chi connectivity index (χ3v) is 5.70. The largest absolute Gasteiger partial charge is 0.382 e. The smallest absolute Gasteiger partial charge is 0.243 e. The van der Waals surface area contributed by atoms with Crippen molar-refractivity contribution in [2.75, 3.05) is 23.7 Å². The van der Waals surface area contributed by atoms with Crippen molar-refractivity contribution in [3.63, 3.8) is 0 Å². The Hall–Kier alpha value is -4.38. The quantitative estimate of drug-likeness (QED) is 0.400. The van der Waals surface area contributed by atoms with Gasteiger partial charge in [-0.15, -0.1) is 0 Å². The number of hydrogen-bond acceptors (Lipinski definition) is 5. The maximum atomic E-state index is 12.2. The van der Waals surface area contributed by atoms with Crippen LogP contribution in [0.3, 0.4) is 0 Å². The molecule has 172 valence electrons. The molecule has 4 rings (SSSR count). The zero-order valence-electron chi connectivity index (χ0n) is 18.8. The molecule has 1 aliphatic rings. The molecule has 2 heterocycles. The Labute approximate surface area is 198 Å². The number of aromatic nitrogens is 2. The Morgan fingerprint density at radius 3 is 2.59 bits per heavy atom. The van der Waals surface area contributed by atoms with Crippen molar-refractivity contribution >= 4 is 29.4 Å². The monoisotopic (exact) mass is 454 g/mol. The number of anilines is 2. The first-order chi connectivity index (χ1) is 16.6. The average Bonchev–Trinajstić information content (AvgIpc) is 3.43. The molecule has 8 heteroatoms. The molecule has 1 fully saturated rings. The van der Waals surface area contributed by atoms with Crippen LogP contribution in [0.4, 0.5) is 11.5 Å². The highest BCUT2D eigenvalue weighted by Crippen LogP contribution is 2.22. The third kappa shape index (κ3) is 5.15. The summed E-state index contributed by atoms with van der Waals surface area (Å²) in [5, 5.41) is 16.8. The maximum absolute atomic E-state index is 12.2. The number of hydrogen-bond donors (Lipinski definition) is 2. The van der Waals surface area contributed by atoms with Gasteiger partial charge in [-0.25, -0.2) is 4.68 Å². The molecular formula is C26H26N6O2. The van der Waals surface area contributed by atoms with E-state index in [4.69, 9.17) is 5.73 Å². The number of aryl methyl sites for hydroxylation is 1. The highest BCUT2D eigenvalue weighted by molar-refractivity contribution is 5.95. The minimum absolute atomic E-state index is 0.152. The van der Waals surface area contributed by atoms with Crippen LogP contribution >= 0.6 is 0 Å². The van der Waals surface area contributed by atoms with E-state index < -0.39 is 0 Å². The van der Waals surface area contributed by atoms with Gasteiger partial charge >= 0.3 is 0 Å². The first-order valence-electron chi connectivity index (χ1n) is 11.3. The van der Waals surface area contributed by atoms with Crippen molar-refractivity contribution in [2.45, 2.75) is 25.7 Å². The number of nitrogens with zero attached hydrogens (tertiary/aromatic N) is 4. The summed E-state index contributed by atoms with van der Waals surface area (Å²) in [4.78, 5) is 25.8. The van der Waals surface area contributed by atoms with Crippen molar-refractivity contribution in [1.82, 2.24) is 15.1 Å². The summed E-state index contributed by atoms with van der Waals surface area (Å²) in [6.07, 6.45) is 5.86. The molecular weight excluding hydrogens is 428 g/mol. The average molecular weight is 455 g/mol. The van der Waals surface area contributed by atoms with Gasteiger partial charge in [0.15, 0.2) is 0 Å². The number of benzene rings is 2. The maximum Gasteiger partial charge on any atom is 0.243 e. The lowest BCUT2D eigenvalue weighted by Gasteiger charge is -2.15. The van der Waals surface area contributed by atoms with Crippen LogP contribution in [0.15, 0.2) is 60.7 Å². The highest BCUT2D eigenvalue weighted by Gasteiger charge is 2.21. The Morgan fingerprint density at radius 2 is 1.91 bits per heavy atom. The predicted molar refractivity (Wildman–Crippen MR) is 131 cm³/mol. The summed E-state index contributed by atoms with van der Waals surface area (Å²) >= 11 is 0. The highest BCUT2D eigenvalue weighted by atomic mass is 16.2. The van der Waals surface area contributed by atoms with E-state index in [0.29, 0.717) is 42.9 Å². The molecule has 0 aliphatic carbocycles. The number of nitriles is 1. The molecule has 0 radical (unpaired) electrons. The number of para-hydroxylation sites is 1. The van der Waals surface area contributed by atoms with Crippen LogP contribution < -0.4 is 16.0 Å². The second-order valence-electron chi connectivity index (χ2n) is 8.03. The van der Waals surface area contributed by atoms with Crippen molar-refractivity contribution in [2.24, 2.45) is 0 Å². The van der Waals surface area contributed by atoms with Crippen LogP contribution in [-0.4, -0.2) is 34.7 Å². The minimum Gasteiger partial charge on any atom is -0.382 e. The van der Waals surface area contributed by atoms with Gasteiger partial charge in [-0.3, -0.25) is 9.59 Å². The van der Waals surface area contributed by atoms with E-state index in [1.807, 2.05) is 54.6 Å². The summed E-state index contributed by atoms with van der Waals surface area (Å²) in [6, 6.07) is 19.1. The fourth-order valence-electron chi connectivity index (χ4n) is 3.93. The van der Waals surface area contributed by atoms with Crippen molar-refractivity contribution < 1.29 is 9.59 Å². The Morgan fingerprint density at radius 1 is 1.15 bits per heavy atom. The van der Waals surface area contributed by atoms with E-state index in [1.54, 1.807) is 15.7 Å². The van der Waals surface area contributed by atoms with E-state index in [1.165, 1.54) is 6.08 Å². The van der Waals surface area contributed by atoms with E-state index in [-0.39, 0.29) is 11.8 Å². The van der Waals surface area contributed by atoms with Gasteiger partial charge in [0.1, 0.15) is 17.5 Å². The summed E-state index contributed by atoms with van der Waals surface area (Å²) in [5.74, 6) is 0.267. The van der Waals surface area contributed by atoms with Gasteiger partial charge in [0, 0.05) is 31.3 Å². The van der Waals surface area contributed by atoms with Crippen LogP contribution in [0, 0.1) is 11.3 Å². The van der Waals surface area contributed by atoms with Crippen LogP contribution in [0.2, 0.25) is 0 Å². The van der Waals surface area contributed by atoms with Crippen LogP contribution in [-0.2, 0) is 16.0 Å². The van der Waals surface area contributed by atoms with Crippen LogP contribution in [0.25, 0.3) is 11.8 Å². The van der Waals surface area contributed by atoms with Crippen LogP contribution in [0.1, 0.15) is 36.1 Å². The number of nitrogens with one attached hydrogen (secondary N) is 1. The van der Waals surface area contributed by atoms with Gasteiger partial charge in [-0.2, -0.15) is 10.4 Å². The standard InChI is InChI=1S/C26H26N6O2/c27-18-22-23(30-32(26(22)28)21-6-2-1-3-7-21)8-4-16-29-24(33)15-12-19-10-13-20(14-11-19)31-17-5-9-25(31)34/h1-3,6-7,10-15H,4-5,8-9,16-17,28H2,(H,29,33)/b15-12+. The first kappa shape index (κ1) is 22.8. The lowest BCUT2D eigenvalue weighted by atomic mass is 10.1. The zero-order valence-corrected chi connectivity index (χ0v) is 18.8. The van der Waals surface area contributed by atoms with E-state index in [0.717, 1.165) is 29.9 Å². The Kier molecular flexibility index (Phi) is 7.04. The molecule has 1 aromatic heterocycles. The van der Waals surface area contributed by atoms with Crippen LogP contribution in [0.5, 0.6) is 0 Å². The Balaban J connectivity index is 1.27. The molecule has 1 saturated heterocycles. The topological polar surface area (TPSA) is 117 Å². The molecule has 0 bridgehead atoms. The molecule has 0 saturated carbocycles. The van der Waals surface area contributed by atoms with E-state index >= 15 is 0 Å². The molecule has 0 spiro atoms. The molecule has 0 atom stereocenters. The molecule has 2 aromatic carbocycles. The summed E-state index contributed by atoms with van der Waals surface area (Å²) in [6.45, 7) is 1.20. The Bertz CT molecular complexity index is 1240. The second kappa shape index (κ2) is 10.5. The lowest BCUT2D eigenvalue weighted by molar-refractivity contribution is -0.117. The van der Waals surface area contributed by atoms with Gasteiger partial charge in [0.25, 0.3) is 0 Å². The fraction of sp³-hybridized carbons (Fsp3) is 0.231. The number of nitrogen functional groups attached to an aromatic ring is 1. The van der Waals surface area contributed by atoms with Gasteiger partial charge in [0.2, 0.25) is 11.8 Å².